The Morgan fingerprint density at radius 1 is 1.07 bits per heavy atom. The molecule has 0 heterocycles. The average molecular weight is 386 g/mol. The van der Waals surface area contributed by atoms with Gasteiger partial charge in [0.05, 0.1) is 25.0 Å². The summed E-state index contributed by atoms with van der Waals surface area (Å²) >= 11 is 0. The lowest BCUT2D eigenvalue weighted by atomic mass is 10.1. The quantitative estimate of drug-likeness (QED) is 0.691. The highest BCUT2D eigenvalue weighted by atomic mass is 16.7. The van der Waals surface area contributed by atoms with E-state index in [2.05, 4.69) is 5.32 Å². The summed E-state index contributed by atoms with van der Waals surface area (Å²) in [5, 5.41) is 3.72. The number of nitrogens with zero attached hydrogens (tertiary/aromatic N) is 1. The molecule has 150 valence electrons. The number of ether oxygens (including phenoxy) is 2. The Hall–Kier alpha value is -3.06. The van der Waals surface area contributed by atoms with Gasteiger partial charge in [0.25, 0.3) is 5.91 Å². The van der Waals surface area contributed by atoms with E-state index in [4.69, 9.17) is 14.3 Å². The predicted molar refractivity (Wildman–Crippen MR) is 106 cm³/mol. The Bertz CT molecular complexity index is 793. The number of carbonyl (C=O) groups excluding carboxylic acids is 2. The van der Waals surface area contributed by atoms with Gasteiger partial charge in [0, 0.05) is 7.05 Å². The topological polar surface area (TPSA) is 77.1 Å². The van der Waals surface area contributed by atoms with Crippen LogP contribution in [0.3, 0.4) is 0 Å². The molecule has 7 heteroatoms. The van der Waals surface area contributed by atoms with Gasteiger partial charge in [-0.05, 0) is 23.6 Å². The number of hydrogen-bond donors (Lipinski definition) is 1. The molecular formula is C21H26N2O5. The minimum absolute atomic E-state index is 0.114. The normalized spacial score (nSPS) is 10.5. The maximum absolute atomic E-state index is 12.6. The summed E-state index contributed by atoms with van der Waals surface area (Å²) in [6.45, 7) is 4.57. The summed E-state index contributed by atoms with van der Waals surface area (Å²) < 4.78 is 11.1. The number of anilines is 1. The molecule has 1 N–H and O–H groups in total. The largest absolute Gasteiger partial charge is 0.491 e. The molecule has 0 aliphatic heterocycles. The standard InChI is InChI=1S/C21H26N2O5/c1-15(2)13-27-18-12-8-11-17(20(24)23(3)26-4)19(18)22-21(25)28-14-16-9-6-5-7-10-16/h5-12,15H,13-14H2,1-4H3,(H,22,25). The minimum Gasteiger partial charge on any atom is -0.491 e. The van der Waals surface area contributed by atoms with Gasteiger partial charge in [0.15, 0.2) is 0 Å². The molecule has 0 aliphatic rings. The van der Waals surface area contributed by atoms with Crippen LogP contribution in [0.15, 0.2) is 48.5 Å². The lowest BCUT2D eigenvalue weighted by Crippen LogP contribution is -2.27. The van der Waals surface area contributed by atoms with Gasteiger partial charge in [-0.15, -0.1) is 0 Å². The van der Waals surface area contributed by atoms with Crippen molar-refractivity contribution in [2.75, 3.05) is 26.1 Å². The van der Waals surface area contributed by atoms with Crippen LogP contribution in [0.25, 0.3) is 0 Å². The summed E-state index contributed by atoms with van der Waals surface area (Å²) in [7, 11) is 2.87. The molecule has 0 saturated heterocycles. The fourth-order valence-corrected chi connectivity index (χ4v) is 2.33. The van der Waals surface area contributed by atoms with Crippen LogP contribution in [0.1, 0.15) is 29.8 Å². The van der Waals surface area contributed by atoms with Crippen LogP contribution in [0.2, 0.25) is 0 Å². The molecule has 0 unspecified atom stereocenters. The van der Waals surface area contributed by atoms with E-state index in [1.54, 1.807) is 18.2 Å². The number of carbonyl (C=O) groups is 2. The zero-order chi connectivity index (χ0) is 20.5. The minimum atomic E-state index is -0.682. The van der Waals surface area contributed by atoms with Crippen LogP contribution in [0.5, 0.6) is 5.75 Å². The number of hydroxylamine groups is 2. The Labute approximate surface area is 165 Å². The summed E-state index contributed by atoms with van der Waals surface area (Å²) in [4.78, 5) is 29.9. The van der Waals surface area contributed by atoms with Crippen LogP contribution in [0.4, 0.5) is 10.5 Å². The van der Waals surface area contributed by atoms with Crippen LogP contribution in [-0.4, -0.2) is 37.8 Å². The summed E-state index contributed by atoms with van der Waals surface area (Å²) in [6, 6.07) is 14.3. The Morgan fingerprint density at radius 3 is 2.43 bits per heavy atom. The highest BCUT2D eigenvalue weighted by molar-refractivity contribution is 6.03. The molecule has 0 atom stereocenters. The van der Waals surface area contributed by atoms with E-state index >= 15 is 0 Å². The maximum atomic E-state index is 12.6. The number of benzene rings is 2. The second-order valence-electron chi connectivity index (χ2n) is 6.56. The first-order valence-electron chi connectivity index (χ1n) is 8.98. The second-order valence-corrected chi connectivity index (χ2v) is 6.56. The lowest BCUT2D eigenvalue weighted by Gasteiger charge is -2.19. The molecule has 2 rings (SSSR count). The van der Waals surface area contributed by atoms with E-state index < -0.39 is 12.0 Å². The van der Waals surface area contributed by atoms with Gasteiger partial charge in [-0.3, -0.25) is 14.9 Å². The van der Waals surface area contributed by atoms with Gasteiger partial charge in [-0.2, -0.15) is 0 Å². The van der Waals surface area contributed by atoms with Crippen molar-refractivity contribution < 1.29 is 23.9 Å². The van der Waals surface area contributed by atoms with Gasteiger partial charge in [-0.25, -0.2) is 9.86 Å². The van der Waals surface area contributed by atoms with E-state index in [1.807, 2.05) is 44.2 Å². The van der Waals surface area contributed by atoms with Gasteiger partial charge in [0.1, 0.15) is 12.4 Å². The number of para-hydroxylation sites is 1. The van der Waals surface area contributed by atoms with Crippen molar-refractivity contribution in [3.8, 4) is 5.75 Å². The van der Waals surface area contributed by atoms with Crippen molar-refractivity contribution in [3.05, 3.63) is 59.7 Å². The molecule has 28 heavy (non-hydrogen) atoms. The third-order valence-corrected chi connectivity index (χ3v) is 3.83. The first kappa shape index (κ1) is 21.2. The molecule has 2 aromatic carbocycles. The average Bonchev–Trinajstić information content (AvgIpc) is 2.71. The third-order valence-electron chi connectivity index (χ3n) is 3.83. The molecule has 7 nitrogen and oxygen atoms in total. The number of amides is 2. The van der Waals surface area contributed by atoms with E-state index in [1.165, 1.54) is 14.2 Å². The Morgan fingerprint density at radius 2 is 1.79 bits per heavy atom. The molecule has 0 bridgehead atoms. The van der Waals surface area contributed by atoms with Crippen molar-refractivity contribution in [2.45, 2.75) is 20.5 Å². The first-order valence-corrected chi connectivity index (χ1v) is 8.98. The van der Waals surface area contributed by atoms with Crippen LogP contribution in [0, 0.1) is 5.92 Å². The number of nitrogens with one attached hydrogen (secondary N) is 1. The predicted octanol–water partition coefficient (Wildman–Crippen LogP) is 4.10. The van der Waals surface area contributed by atoms with Crippen molar-refractivity contribution in [1.29, 1.82) is 0 Å². The second kappa shape index (κ2) is 10.3. The molecule has 0 spiro atoms. The molecule has 2 amide bonds. The summed E-state index contributed by atoms with van der Waals surface area (Å²) in [6.07, 6.45) is -0.682. The van der Waals surface area contributed by atoms with E-state index in [0.29, 0.717) is 12.4 Å². The lowest BCUT2D eigenvalue weighted by molar-refractivity contribution is -0.0756. The van der Waals surface area contributed by atoms with E-state index in [-0.39, 0.29) is 23.8 Å². The van der Waals surface area contributed by atoms with Crippen molar-refractivity contribution in [1.82, 2.24) is 5.06 Å². The fourth-order valence-electron chi connectivity index (χ4n) is 2.33. The fraction of sp³-hybridized carbons (Fsp3) is 0.333. The van der Waals surface area contributed by atoms with Crippen LogP contribution < -0.4 is 10.1 Å². The number of rotatable bonds is 8. The molecule has 0 aliphatic carbocycles. The number of hydrogen-bond acceptors (Lipinski definition) is 5. The zero-order valence-corrected chi connectivity index (χ0v) is 16.6. The van der Waals surface area contributed by atoms with Gasteiger partial charge in [0.2, 0.25) is 0 Å². The van der Waals surface area contributed by atoms with Crippen molar-refractivity contribution in [2.24, 2.45) is 5.92 Å². The summed E-state index contributed by atoms with van der Waals surface area (Å²) in [5.74, 6) is 0.246. The van der Waals surface area contributed by atoms with Gasteiger partial charge < -0.3 is 9.47 Å². The van der Waals surface area contributed by atoms with Crippen molar-refractivity contribution in [3.63, 3.8) is 0 Å². The highest BCUT2D eigenvalue weighted by Crippen LogP contribution is 2.30. The molecule has 0 radical (unpaired) electrons. The van der Waals surface area contributed by atoms with Crippen molar-refractivity contribution >= 4 is 17.7 Å². The smallest absolute Gasteiger partial charge is 0.412 e. The SMILES string of the molecule is CON(C)C(=O)c1cccc(OCC(C)C)c1NC(=O)OCc1ccccc1. The van der Waals surface area contributed by atoms with Gasteiger partial charge >= 0.3 is 6.09 Å². The van der Waals surface area contributed by atoms with Crippen LogP contribution in [-0.2, 0) is 16.2 Å². The molecule has 0 fully saturated rings. The molecule has 0 saturated carbocycles. The van der Waals surface area contributed by atoms with E-state index in [9.17, 15) is 9.59 Å². The van der Waals surface area contributed by atoms with Crippen LogP contribution >= 0.6 is 0 Å². The highest BCUT2D eigenvalue weighted by Gasteiger charge is 2.21. The molecular weight excluding hydrogens is 360 g/mol. The van der Waals surface area contributed by atoms with E-state index in [0.717, 1.165) is 10.6 Å². The molecule has 0 aromatic heterocycles. The summed E-state index contributed by atoms with van der Waals surface area (Å²) in [5.41, 5.74) is 1.34. The maximum Gasteiger partial charge on any atom is 0.412 e. The first-order chi connectivity index (χ1) is 13.4. The Kier molecular flexibility index (Phi) is 7.83. The monoisotopic (exact) mass is 386 g/mol. The zero-order valence-electron chi connectivity index (χ0n) is 16.6. The third kappa shape index (κ3) is 5.99. The Balaban J connectivity index is 2.22. The van der Waals surface area contributed by atoms with Gasteiger partial charge in [-0.1, -0.05) is 50.2 Å². The molecule has 2 aromatic rings.